The maximum absolute atomic E-state index is 5.15. The Morgan fingerprint density at radius 2 is 1.50 bits per heavy atom. The van der Waals surface area contributed by atoms with Crippen molar-refractivity contribution in [3.05, 3.63) is 83.0 Å². The summed E-state index contributed by atoms with van der Waals surface area (Å²) in [5.74, 6) is 0.636. The van der Waals surface area contributed by atoms with Crippen molar-refractivity contribution in [1.29, 1.82) is 0 Å². The number of nitrogens with zero attached hydrogens (tertiary/aromatic N) is 2. The van der Waals surface area contributed by atoms with Gasteiger partial charge in [-0.25, -0.2) is 4.98 Å². The van der Waals surface area contributed by atoms with Gasteiger partial charge in [-0.05, 0) is 66.3 Å². The summed E-state index contributed by atoms with van der Waals surface area (Å²) >= 11 is 0. The molecule has 162 valence electrons. The van der Waals surface area contributed by atoms with Crippen LogP contribution in [-0.4, -0.2) is 9.38 Å². The average Bonchev–Trinajstić information content (AvgIpc) is 3.15. The van der Waals surface area contributed by atoms with Gasteiger partial charge >= 0.3 is 0 Å². The van der Waals surface area contributed by atoms with Crippen LogP contribution in [0.1, 0.15) is 50.1 Å². The van der Waals surface area contributed by atoms with Crippen LogP contribution in [0.25, 0.3) is 38.6 Å². The van der Waals surface area contributed by atoms with Crippen LogP contribution >= 0.6 is 0 Å². The fourth-order valence-corrected chi connectivity index (χ4v) is 5.29. The highest BCUT2D eigenvalue weighted by atomic mass is 15.0. The fourth-order valence-electron chi connectivity index (χ4n) is 5.29. The number of rotatable bonds is 5. The molecular weight excluding hydrogens is 388 g/mol. The van der Waals surface area contributed by atoms with Gasteiger partial charge in [0.25, 0.3) is 0 Å². The lowest BCUT2D eigenvalue weighted by molar-refractivity contribution is 0.648. The summed E-state index contributed by atoms with van der Waals surface area (Å²) < 4.78 is 2.43. The third kappa shape index (κ3) is 3.21. The van der Waals surface area contributed by atoms with Crippen molar-refractivity contribution >= 4 is 27.3 Å². The molecule has 5 rings (SSSR count). The molecule has 0 amide bonds. The first-order chi connectivity index (χ1) is 15.5. The Labute approximate surface area is 190 Å². The van der Waals surface area contributed by atoms with Crippen LogP contribution in [0.3, 0.4) is 0 Å². The van der Waals surface area contributed by atoms with Gasteiger partial charge in [0, 0.05) is 16.3 Å². The molecule has 0 aliphatic rings. The first-order valence-corrected chi connectivity index (χ1v) is 12.0. The molecule has 2 heterocycles. The topological polar surface area (TPSA) is 17.3 Å². The standard InChI is InChI=1S/C30H32N2/c1-6-22-11-10-12-23(7-2)28(22)29-20(5)31-30-25-14-9-8-13-24(25)26-18-21(17-19(3)4)15-16-27(26)32(29)30/h8-16,18-19H,6-7,17H2,1-5H3. The molecule has 0 unspecified atom stereocenters. The van der Waals surface area contributed by atoms with Crippen LogP contribution in [0.2, 0.25) is 0 Å². The molecule has 0 radical (unpaired) electrons. The number of benzene rings is 3. The molecule has 0 N–H and O–H groups in total. The minimum absolute atomic E-state index is 0.636. The zero-order valence-electron chi connectivity index (χ0n) is 19.9. The van der Waals surface area contributed by atoms with E-state index in [1.165, 1.54) is 49.6 Å². The highest BCUT2D eigenvalue weighted by Crippen LogP contribution is 2.38. The fraction of sp³-hybridized carbons (Fsp3) is 0.300. The second-order valence-corrected chi connectivity index (χ2v) is 9.36. The van der Waals surface area contributed by atoms with Gasteiger partial charge in [0.2, 0.25) is 0 Å². The monoisotopic (exact) mass is 420 g/mol. The smallest absolute Gasteiger partial charge is 0.145 e. The van der Waals surface area contributed by atoms with E-state index in [0.29, 0.717) is 5.92 Å². The Kier molecular flexibility index (Phi) is 5.25. The summed E-state index contributed by atoms with van der Waals surface area (Å²) in [5, 5.41) is 3.83. The molecule has 0 bridgehead atoms. The molecule has 0 atom stereocenters. The molecule has 0 saturated carbocycles. The van der Waals surface area contributed by atoms with E-state index in [9.17, 15) is 0 Å². The summed E-state index contributed by atoms with van der Waals surface area (Å²) in [6, 6.07) is 22.5. The van der Waals surface area contributed by atoms with Gasteiger partial charge in [0.05, 0.1) is 16.9 Å². The maximum Gasteiger partial charge on any atom is 0.145 e. The van der Waals surface area contributed by atoms with Crippen LogP contribution in [0.4, 0.5) is 0 Å². The van der Waals surface area contributed by atoms with Crippen molar-refractivity contribution in [3.63, 3.8) is 0 Å². The second kappa shape index (κ2) is 8.09. The first-order valence-electron chi connectivity index (χ1n) is 12.0. The summed E-state index contributed by atoms with van der Waals surface area (Å²) in [7, 11) is 0. The number of fused-ring (bicyclic) bond motifs is 6. The Balaban J connectivity index is 1.97. The van der Waals surface area contributed by atoms with Crippen molar-refractivity contribution in [2.75, 3.05) is 0 Å². The van der Waals surface area contributed by atoms with E-state index in [2.05, 4.69) is 99.7 Å². The number of hydrogen-bond acceptors (Lipinski definition) is 1. The van der Waals surface area contributed by atoms with Crippen LogP contribution < -0.4 is 0 Å². The van der Waals surface area contributed by atoms with Gasteiger partial charge in [-0.2, -0.15) is 0 Å². The summed E-state index contributed by atoms with van der Waals surface area (Å²) in [5.41, 5.74) is 10.2. The minimum Gasteiger partial charge on any atom is -0.291 e. The summed E-state index contributed by atoms with van der Waals surface area (Å²) in [6.07, 6.45) is 3.12. The molecule has 0 aliphatic heterocycles. The SMILES string of the molecule is CCc1cccc(CC)c1-c1c(C)nc2c3ccccc3c3cc(CC(C)C)ccc3n12. The number of aryl methyl sites for hydroxylation is 3. The van der Waals surface area contributed by atoms with E-state index in [1.807, 2.05) is 0 Å². The molecule has 0 saturated heterocycles. The number of hydrogen-bond donors (Lipinski definition) is 0. The van der Waals surface area contributed by atoms with E-state index in [1.54, 1.807) is 0 Å². The first kappa shape index (κ1) is 20.8. The van der Waals surface area contributed by atoms with E-state index in [0.717, 1.165) is 30.6 Å². The molecule has 2 heteroatoms. The predicted molar refractivity (Wildman–Crippen MR) is 138 cm³/mol. The molecule has 0 aliphatic carbocycles. The third-order valence-corrected chi connectivity index (χ3v) is 6.69. The molecule has 2 aromatic heterocycles. The zero-order chi connectivity index (χ0) is 22.4. The van der Waals surface area contributed by atoms with Crippen molar-refractivity contribution in [2.24, 2.45) is 5.92 Å². The van der Waals surface area contributed by atoms with Crippen molar-refractivity contribution in [2.45, 2.75) is 53.9 Å². The molecule has 5 aromatic rings. The van der Waals surface area contributed by atoms with E-state index < -0.39 is 0 Å². The van der Waals surface area contributed by atoms with Gasteiger partial charge in [-0.3, -0.25) is 4.40 Å². The van der Waals surface area contributed by atoms with Gasteiger partial charge in [0.1, 0.15) is 5.65 Å². The van der Waals surface area contributed by atoms with Crippen molar-refractivity contribution in [1.82, 2.24) is 9.38 Å². The van der Waals surface area contributed by atoms with E-state index in [-0.39, 0.29) is 0 Å². The lowest BCUT2D eigenvalue weighted by Gasteiger charge is -2.17. The molecule has 2 nitrogen and oxygen atoms in total. The van der Waals surface area contributed by atoms with E-state index >= 15 is 0 Å². The minimum atomic E-state index is 0.636. The van der Waals surface area contributed by atoms with Crippen LogP contribution in [0, 0.1) is 12.8 Å². The Bertz CT molecular complexity index is 1430. The molecule has 0 fully saturated rings. The normalized spacial score (nSPS) is 11.9. The van der Waals surface area contributed by atoms with Gasteiger partial charge in [0.15, 0.2) is 0 Å². The van der Waals surface area contributed by atoms with Gasteiger partial charge in [-0.15, -0.1) is 0 Å². The van der Waals surface area contributed by atoms with Gasteiger partial charge < -0.3 is 0 Å². The van der Waals surface area contributed by atoms with Crippen molar-refractivity contribution in [3.8, 4) is 11.3 Å². The number of imidazole rings is 1. The second-order valence-electron chi connectivity index (χ2n) is 9.36. The highest BCUT2D eigenvalue weighted by Gasteiger charge is 2.21. The Morgan fingerprint density at radius 3 is 2.16 bits per heavy atom. The van der Waals surface area contributed by atoms with Crippen LogP contribution in [0.15, 0.2) is 60.7 Å². The van der Waals surface area contributed by atoms with Crippen LogP contribution in [-0.2, 0) is 19.3 Å². The number of pyridine rings is 1. The largest absolute Gasteiger partial charge is 0.291 e. The predicted octanol–water partition coefficient (Wildman–Crippen LogP) is 7.94. The van der Waals surface area contributed by atoms with Gasteiger partial charge in [-0.1, -0.05) is 76.2 Å². The van der Waals surface area contributed by atoms with Crippen LogP contribution in [0.5, 0.6) is 0 Å². The van der Waals surface area contributed by atoms with E-state index in [4.69, 9.17) is 4.98 Å². The average molecular weight is 421 g/mol. The quantitative estimate of drug-likeness (QED) is 0.264. The zero-order valence-corrected chi connectivity index (χ0v) is 19.9. The third-order valence-electron chi connectivity index (χ3n) is 6.69. The summed E-state index contributed by atoms with van der Waals surface area (Å²) in [6.45, 7) is 11.3. The highest BCUT2D eigenvalue weighted by molar-refractivity contribution is 6.12. The molecule has 3 aromatic carbocycles. The molecule has 0 spiro atoms. The molecule has 32 heavy (non-hydrogen) atoms. The van der Waals surface area contributed by atoms with Crippen molar-refractivity contribution < 1.29 is 0 Å². The Morgan fingerprint density at radius 1 is 0.812 bits per heavy atom. The lowest BCUT2D eigenvalue weighted by Crippen LogP contribution is -2.01. The molecular formula is C30H32N2. The summed E-state index contributed by atoms with van der Waals surface area (Å²) in [4.78, 5) is 5.15. The number of aromatic nitrogens is 2. The lowest BCUT2D eigenvalue weighted by atomic mass is 9.94. The maximum atomic E-state index is 5.15. The Hall–Kier alpha value is -3.13.